The second-order valence-electron chi connectivity index (χ2n) is 9.33. The van der Waals surface area contributed by atoms with E-state index in [2.05, 4.69) is 36.5 Å². The molecule has 0 spiro atoms. The third-order valence-corrected chi connectivity index (χ3v) is 5.25. The summed E-state index contributed by atoms with van der Waals surface area (Å²) in [6.07, 6.45) is 3.88. The van der Waals surface area contributed by atoms with Crippen LogP contribution in [0, 0.1) is 6.92 Å². The average Bonchev–Trinajstić information content (AvgIpc) is 2.75. The van der Waals surface area contributed by atoms with Crippen molar-refractivity contribution in [2.75, 3.05) is 0 Å². The second-order valence-corrected chi connectivity index (χ2v) is 9.33. The number of hydrogen-bond acceptors (Lipinski definition) is 4. The molecule has 0 saturated heterocycles. The number of carbonyl (C=O) groups is 2. The summed E-state index contributed by atoms with van der Waals surface area (Å²) in [7, 11) is 0. The lowest BCUT2D eigenvalue weighted by molar-refractivity contribution is -0.131. The lowest BCUT2D eigenvalue weighted by Crippen LogP contribution is -2.32. The molecule has 3 rings (SSSR count). The van der Waals surface area contributed by atoms with Gasteiger partial charge in [0.2, 0.25) is 0 Å². The summed E-state index contributed by atoms with van der Waals surface area (Å²) in [6.45, 7) is 9.90. The Kier molecular flexibility index (Phi) is 7.72. The minimum absolute atomic E-state index is 0.269. The molecule has 0 saturated carbocycles. The van der Waals surface area contributed by atoms with Crippen LogP contribution in [0.3, 0.4) is 0 Å². The Balaban J connectivity index is 2.21. The number of aryl methyl sites for hydroxylation is 2. The largest absolute Gasteiger partial charge is 0.478 e. The van der Waals surface area contributed by atoms with Gasteiger partial charge in [0.05, 0.1) is 5.52 Å². The van der Waals surface area contributed by atoms with E-state index in [1.807, 2.05) is 45.9 Å². The monoisotopic (exact) mass is 460 g/mol. The van der Waals surface area contributed by atoms with Crippen molar-refractivity contribution in [1.29, 1.82) is 0 Å². The molecule has 1 amide bonds. The lowest BCUT2D eigenvalue weighted by atomic mass is 9.91. The highest BCUT2D eigenvalue weighted by atomic mass is 16.6. The van der Waals surface area contributed by atoms with Gasteiger partial charge in [-0.25, -0.2) is 9.59 Å². The van der Waals surface area contributed by atoms with E-state index < -0.39 is 17.7 Å². The molecule has 34 heavy (non-hydrogen) atoms. The van der Waals surface area contributed by atoms with Crippen molar-refractivity contribution in [1.82, 2.24) is 10.3 Å². The van der Waals surface area contributed by atoms with E-state index in [4.69, 9.17) is 14.8 Å². The Labute approximate surface area is 200 Å². The first kappa shape index (κ1) is 25.0. The van der Waals surface area contributed by atoms with Crippen molar-refractivity contribution in [3.8, 4) is 11.1 Å². The fraction of sp³-hybridized carbons (Fsp3) is 0.321. The number of alkyl carbamates (subject to hydrolysis) is 1. The standard InChI is InChI=1S/C28H32N2O4/c1-6-7-23-22(17-29-27(33)34-28(3,4)5)26(20-12-8-18(2)9-13-20)21-16-19(11-15-25(31)32)10-14-24(21)30-23/h8-16H,6-7,17H2,1-5H3,(H,29,33)(H,31,32). The number of nitrogens with one attached hydrogen (secondary N) is 1. The zero-order chi connectivity index (χ0) is 24.9. The van der Waals surface area contributed by atoms with E-state index in [1.165, 1.54) is 0 Å². The van der Waals surface area contributed by atoms with E-state index in [0.717, 1.165) is 63.3 Å². The number of pyridine rings is 1. The number of aliphatic carboxylic acids is 1. The van der Waals surface area contributed by atoms with E-state index in [1.54, 1.807) is 6.08 Å². The highest BCUT2D eigenvalue weighted by Gasteiger charge is 2.20. The maximum Gasteiger partial charge on any atom is 0.407 e. The number of fused-ring (bicyclic) bond motifs is 1. The molecular weight excluding hydrogens is 428 g/mol. The van der Waals surface area contributed by atoms with Crippen LogP contribution in [-0.2, 0) is 22.5 Å². The SMILES string of the molecule is CCCc1nc2ccc(C=CC(=O)O)cc2c(-c2ccc(C)cc2)c1CNC(=O)OC(C)(C)C. The first-order chi connectivity index (χ1) is 16.1. The Morgan fingerprint density at radius 3 is 2.44 bits per heavy atom. The van der Waals surface area contributed by atoms with E-state index >= 15 is 0 Å². The molecule has 6 heteroatoms. The normalized spacial score (nSPS) is 11.7. The summed E-state index contributed by atoms with van der Waals surface area (Å²) in [5.41, 5.74) is 5.99. The minimum atomic E-state index is -1.00. The number of rotatable bonds is 7. The van der Waals surface area contributed by atoms with Gasteiger partial charge >= 0.3 is 12.1 Å². The number of hydrogen-bond donors (Lipinski definition) is 2. The van der Waals surface area contributed by atoms with Crippen LogP contribution in [0.4, 0.5) is 4.79 Å². The number of carboxylic acids is 1. The van der Waals surface area contributed by atoms with Crippen LogP contribution in [0.25, 0.3) is 28.1 Å². The molecule has 0 aliphatic carbocycles. The van der Waals surface area contributed by atoms with Gasteiger partial charge in [-0.05, 0) is 69.0 Å². The molecule has 0 bridgehead atoms. The molecule has 0 unspecified atom stereocenters. The number of amides is 1. The van der Waals surface area contributed by atoms with Crippen molar-refractivity contribution in [2.24, 2.45) is 0 Å². The van der Waals surface area contributed by atoms with Crippen molar-refractivity contribution in [3.63, 3.8) is 0 Å². The molecule has 6 nitrogen and oxygen atoms in total. The fourth-order valence-corrected chi connectivity index (χ4v) is 3.80. The first-order valence-corrected chi connectivity index (χ1v) is 11.5. The molecule has 2 N–H and O–H groups in total. The van der Waals surface area contributed by atoms with Crippen LogP contribution < -0.4 is 5.32 Å². The molecule has 0 aliphatic heterocycles. The van der Waals surface area contributed by atoms with E-state index in [-0.39, 0.29) is 6.54 Å². The summed E-state index contributed by atoms with van der Waals surface area (Å²) < 4.78 is 5.45. The Hall–Kier alpha value is -3.67. The maximum absolute atomic E-state index is 12.4. The van der Waals surface area contributed by atoms with Gasteiger partial charge in [0.1, 0.15) is 5.60 Å². The minimum Gasteiger partial charge on any atom is -0.478 e. The quantitative estimate of drug-likeness (QED) is 0.405. The van der Waals surface area contributed by atoms with Crippen molar-refractivity contribution >= 4 is 29.0 Å². The smallest absolute Gasteiger partial charge is 0.407 e. The van der Waals surface area contributed by atoms with Crippen LogP contribution in [0.2, 0.25) is 0 Å². The number of ether oxygens (including phenoxy) is 1. The lowest BCUT2D eigenvalue weighted by Gasteiger charge is -2.22. The highest BCUT2D eigenvalue weighted by Crippen LogP contribution is 2.35. The first-order valence-electron chi connectivity index (χ1n) is 11.5. The van der Waals surface area contributed by atoms with Gasteiger partial charge in [0.25, 0.3) is 0 Å². The Morgan fingerprint density at radius 2 is 1.82 bits per heavy atom. The number of nitrogens with zero attached hydrogens (tertiary/aromatic N) is 1. The predicted octanol–water partition coefficient (Wildman–Crippen LogP) is 6.29. The van der Waals surface area contributed by atoms with Gasteiger partial charge in [-0.3, -0.25) is 4.98 Å². The Morgan fingerprint density at radius 1 is 1.12 bits per heavy atom. The average molecular weight is 461 g/mol. The summed E-state index contributed by atoms with van der Waals surface area (Å²) >= 11 is 0. The zero-order valence-corrected chi connectivity index (χ0v) is 20.4. The molecule has 1 aromatic heterocycles. The third kappa shape index (κ3) is 6.44. The van der Waals surface area contributed by atoms with Crippen LogP contribution >= 0.6 is 0 Å². The molecule has 1 heterocycles. The van der Waals surface area contributed by atoms with Crippen LogP contribution in [0.1, 0.15) is 56.5 Å². The molecule has 0 aliphatic rings. The summed E-state index contributed by atoms with van der Waals surface area (Å²) in [5, 5.41) is 12.8. The number of aromatic nitrogens is 1. The third-order valence-electron chi connectivity index (χ3n) is 5.25. The second kappa shape index (κ2) is 10.5. The summed E-state index contributed by atoms with van der Waals surface area (Å²) in [6, 6.07) is 14.0. The van der Waals surface area contributed by atoms with E-state index in [0.29, 0.717) is 0 Å². The highest BCUT2D eigenvalue weighted by molar-refractivity contribution is 5.98. The Bertz CT molecular complexity index is 1220. The molecule has 2 aromatic carbocycles. The molecule has 0 fully saturated rings. The van der Waals surface area contributed by atoms with Crippen molar-refractivity contribution in [2.45, 2.75) is 59.6 Å². The molecular formula is C28H32N2O4. The van der Waals surface area contributed by atoms with Gasteiger partial charge in [0, 0.05) is 29.3 Å². The van der Waals surface area contributed by atoms with Gasteiger partial charge < -0.3 is 15.2 Å². The van der Waals surface area contributed by atoms with Gasteiger partial charge in [-0.2, -0.15) is 0 Å². The van der Waals surface area contributed by atoms with Crippen LogP contribution in [-0.4, -0.2) is 27.8 Å². The van der Waals surface area contributed by atoms with Crippen LogP contribution in [0.15, 0.2) is 48.5 Å². The fourth-order valence-electron chi connectivity index (χ4n) is 3.80. The van der Waals surface area contributed by atoms with Crippen LogP contribution in [0.5, 0.6) is 0 Å². The molecule has 0 atom stereocenters. The van der Waals surface area contributed by atoms with E-state index in [9.17, 15) is 9.59 Å². The maximum atomic E-state index is 12.4. The number of carbonyl (C=O) groups excluding carboxylic acids is 1. The predicted molar refractivity (Wildman–Crippen MR) is 136 cm³/mol. The molecule has 3 aromatic rings. The number of carboxylic acid groups (broad SMARTS) is 1. The summed E-state index contributed by atoms with van der Waals surface area (Å²) in [4.78, 5) is 28.4. The molecule has 178 valence electrons. The van der Waals surface area contributed by atoms with Crippen molar-refractivity contribution in [3.05, 3.63) is 70.9 Å². The number of benzene rings is 2. The van der Waals surface area contributed by atoms with Crippen molar-refractivity contribution < 1.29 is 19.4 Å². The topological polar surface area (TPSA) is 88.5 Å². The molecule has 0 radical (unpaired) electrons. The van der Waals surface area contributed by atoms with Gasteiger partial charge in [0.15, 0.2) is 0 Å². The van der Waals surface area contributed by atoms with Gasteiger partial charge in [-0.1, -0.05) is 49.2 Å². The zero-order valence-electron chi connectivity index (χ0n) is 20.4. The van der Waals surface area contributed by atoms with Gasteiger partial charge in [-0.15, -0.1) is 0 Å². The summed E-state index contributed by atoms with van der Waals surface area (Å²) in [5.74, 6) is -1.00.